The summed E-state index contributed by atoms with van der Waals surface area (Å²) in [5.41, 5.74) is 1.01. The van der Waals surface area contributed by atoms with Crippen molar-refractivity contribution in [3.05, 3.63) is 54.1 Å². The molecule has 0 saturated carbocycles. The Morgan fingerprint density at radius 1 is 1.31 bits per heavy atom. The molecule has 1 aromatic carbocycles. The summed E-state index contributed by atoms with van der Waals surface area (Å²) in [4.78, 5) is 14.4. The lowest BCUT2D eigenvalue weighted by molar-refractivity contribution is 0.0697. The minimum atomic E-state index is -1.03. The first kappa shape index (κ1) is 10.3. The Morgan fingerprint density at radius 2 is 2.12 bits per heavy atom. The molecule has 1 heterocycles. The molecule has 1 N–H and O–H groups in total. The summed E-state index contributed by atoms with van der Waals surface area (Å²) in [6.07, 6.45) is 2.56. The van der Waals surface area contributed by atoms with E-state index in [0.717, 1.165) is 6.20 Å². The molecule has 0 unspecified atom stereocenters. The normalized spacial score (nSPS) is 10.1. The van der Waals surface area contributed by atoms with E-state index in [0.29, 0.717) is 11.1 Å². The van der Waals surface area contributed by atoms with Gasteiger partial charge in [-0.05, 0) is 23.8 Å². The van der Waals surface area contributed by atoms with Gasteiger partial charge < -0.3 is 5.11 Å². The lowest BCUT2D eigenvalue weighted by atomic mass is 10.0. The van der Waals surface area contributed by atoms with Crippen LogP contribution in [0.4, 0.5) is 4.39 Å². The van der Waals surface area contributed by atoms with Gasteiger partial charge in [0.05, 0.1) is 11.8 Å². The highest BCUT2D eigenvalue weighted by atomic mass is 19.1. The van der Waals surface area contributed by atoms with E-state index in [1.165, 1.54) is 24.4 Å². The van der Waals surface area contributed by atoms with Gasteiger partial charge in [0.2, 0.25) is 0 Å². The lowest BCUT2D eigenvalue weighted by Crippen LogP contribution is -1.96. The number of carboxylic acid groups (broad SMARTS) is 1. The van der Waals surface area contributed by atoms with Crippen LogP contribution in [0.1, 0.15) is 10.4 Å². The first-order valence-corrected chi connectivity index (χ1v) is 4.62. The van der Waals surface area contributed by atoms with E-state index in [1.54, 1.807) is 12.1 Å². The molecule has 0 aliphatic carbocycles. The van der Waals surface area contributed by atoms with Crippen LogP contribution in [0.3, 0.4) is 0 Å². The second kappa shape index (κ2) is 4.10. The third-order valence-corrected chi connectivity index (χ3v) is 2.19. The average molecular weight is 217 g/mol. The van der Waals surface area contributed by atoms with Crippen LogP contribution in [0, 0.1) is 5.82 Å². The SMILES string of the molecule is O=C(O)c1cccc(-c2ccncc2F)c1. The number of aromatic carboxylic acids is 1. The second-order valence-corrected chi connectivity index (χ2v) is 3.24. The number of hydrogen-bond acceptors (Lipinski definition) is 2. The van der Waals surface area contributed by atoms with Crippen molar-refractivity contribution in [2.24, 2.45) is 0 Å². The molecule has 0 aliphatic rings. The van der Waals surface area contributed by atoms with Crippen LogP contribution in [0.5, 0.6) is 0 Å². The maximum Gasteiger partial charge on any atom is 0.335 e. The largest absolute Gasteiger partial charge is 0.478 e. The number of benzene rings is 1. The van der Waals surface area contributed by atoms with Gasteiger partial charge in [0.15, 0.2) is 0 Å². The van der Waals surface area contributed by atoms with Crippen molar-refractivity contribution >= 4 is 5.97 Å². The van der Waals surface area contributed by atoms with Crippen molar-refractivity contribution in [1.29, 1.82) is 0 Å². The first-order chi connectivity index (χ1) is 7.68. The predicted molar refractivity (Wildman–Crippen MR) is 56.6 cm³/mol. The average Bonchev–Trinajstić information content (AvgIpc) is 2.30. The molecule has 16 heavy (non-hydrogen) atoms. The van der Waals surface area contributed by atoms with Gasteiger partial charge in [-0.25, -0.2) is 9.18 Å². The number of halogens is 1. The quantitative estimate of drug-likeness (QED) is 0.841. The highest BCUT2D eigenvalue weighted by molar-refractivity contribution is 5.89. The fourth-order valence-electron chi connectivity index (χ4n) is 1.43. The number of aromatic nitrogens is 1. The Hall–Kier alpha value is -2.23. The molecule has 4 heteroatoms. The first-order valence-electron chi connectivity index (χ1n) is 4.62. The van der Waals surface area contributed by atoms with Gasteiger partial charge in [-0.15, -0.1) is 0 Å². The van der Waals surface area contributed by atoms with Crippen LogP contribution in [0.15, 0.2) is 42.7 Å². The number of pyridine rings is 1. The van der Waals surface area contributed by atoms with E-state index in [4.69, 9.17) is 5.11 Å². The minimum absolute atomic E-state index is 0.133. The second-order valence-electron chi connectivity index (χ2n) is 3.24. The van der Waals surface area contributed by atoms with Crippen molar-refractivity contribution in [1.82, 2.24) is 4.98 Å². The Balaban J connectivity index is 2.53. The van der Waals surface area contributed by atoms with Gasteiger partial charge in [0.1, 0.15) is 5.82 Å². The summed E-state index contributed by atoms with van der Waals surface area (Å²) in [5, 5.41) is 8.82. The molecule has 2 aromatic rings. The van der Waals surface area contributed by atoms with Crippen molar-refractivity contribution in [2.45, 2.75) is 0 Å². The molecule has 1 aromatic heterocycles. The molecule has 0 bridgehead atoms. The molecule has 0 amide bonds. The molecule has 2 rings (SSSR count). The highest BCUT2D eigenvalue weighted by Crippen LogP contribution is 2.22. The number of hydrogen-bond donors (Lipinski definition) is 1. The van der Waals surface area contributed by atoms with Crippen LogP contribution in [0.25, 0.3) is 11.1 Å². The van der Waals surface area contributed by atoms with Crippen LogP contribution < -0.4 is 0 Å². The van der Waals surface area contributed by atoms with Crippen LogP contribution >= 0.6 is 0 Å². The number of carbonyl (C=O) groups is 1. The molecule has 0 spiro atoms. The van der Waals surface area contributed by atoms with Crippen molar-refractivity contribution in [3.63, 3.8) is 0 Å². The molecule has 3 nitrogen and oxygen atoms in total. The van der Waals surface area contributed by atoms with Gasteiger partial charge in [-0.3, -0.25) is 4.98 Å². The Bertz CT molecular complexity index is 540. The van der Waals surface area contributed by atoms with E-state index >= 15 is 0 Å². The summed E-state index contributed by atoms with van der Waals surface area (Å²) < 4.78 is 13.4. The van der Waals surface area contributed by atoms with E-state index in [-0.39, 0.29) is 5.56 Å². The Morgan fingerprint density at radius 3 is 2.81 bits per heavy atom. The van der Waals surface area contributed by atoms with E-state index in [2.05, 4.69) is 4.98 Å². The van der Waals surface area contributed by atoms with Crippen molar-refractivity contribution in [2.75, 3.05) is 0 Å². The standard InChI is InChI=1S/C12H8FNO2/c13-11-7-14-5-4-10(11)8-2-1-3-9(6-8)12(15)16/h1-7H,(H,15,16). The van der Waals surface area contributed by atoms with E-state index in [9.17, 15) is 9.18 Å². The summed E-state index contributed by atoms with van der Waals surface area (Å²) >= 11 is 0. The van der Waals surface area contributed by atoms with Crippen LogP contribution in [-0.2, 0) is 0 Å². The third-order valence-electron chi connectivity index (χ3n) is 2.19. The lowest BCUT2D eigenvalue weighted by Gasteiger charge is -2.03. The van der Waals surface area contributed by atoms with Gasteiger partial charge in [0.25, 0.3) is 0 Å². The van der Waals surface area contributed by atoms with Gasteiger partial charge in [0, 0.05) is 11.8 Å². The summed E-state index contributed by atoms with van der Waals surface area (Å²) in [6, 6.07) is 7.64. The zero-order chi connectivity index (χ0) is 11.5. The maximum absolute atomic E-state index is 13.4. The third kappa shape index (κ3) is 1.91. The molecule has 80 valence electrons. The summed E-state index contributed by atoms with van der Waals surface area (Å²) in [6.45, 7) is 0. The number of rotatable bonds is 2. The minimum Gasteiger partial charge on any atom is -0.478 e. The summed E-state index contributed by atoms with van der Waals surface area (Å²) in [7, 11) is 0. The molecule has 0 aliphatic heterocycles. The monoisotopic (exact) mass is 217 g/mol. The van der Waals surface area contributed by atoms with Gasteiger partial charge in [-0.2, -0.15) is 0 Å². The van der Waals surface area contributed by atoms with E-state index in [1.807, 2.05) is 0 Å². The van der Waals surface area contributed by atoms with Gasteiger partial charge >= 0.3 is 5.97 Å². The number of nitrogens with zero attached hydrogens (tertiary/aromatic N) is 1. The molecule has 0 saturated heterocycles. The van der Waals surface area contributed by atoms with Crippen LogP contribution in [-0.4, -0.2) is 16.1 Å². The molecular formula is C12H8FNO2. The zero-order valence-electron chi connectivity index (χ0n) is 8.22. The molecule has 0 fully saturated rings. The molecular weight excluding hydrogens is 209 g/mol. The van der Waals surface area contributed by atoms with Crippen molar-refractivity contribution in [3.8, 4) is 11.1 Å². The molecule has 0 atom stereocenters. The molecule has 0 radical (unpaired) electrons. The smallest absolute Gasteiger partial charge is 0.335 e. The summed E-state index contributed by atoms with van der Waals surface area (Å²) in [5.74, 6) is -1.50. The highest BCUT2D eigenvalue weighted by Gasteiger charge is 2.07. The van der Waals surface area contributed by atoms with E-state index < -0.39 is 11.8 Å². The fourth-order valence-corrected chi connectivity index (χ4v) is 1.43. The predicted octanol–water partition coefficient (Wildman–Crippen LogP) is 2.59. The zero-order valence-corrected chi connectivity index (χ0v) is 8.22. The Labute approximate surface area is 91.2 Å². The maximum atomic E-state index is 13.4. The Kier molecular flexibility index (Phi) is 2.64. The van der Waals surface area contributed by atoms with Crippen LogP contribution in [0.2, 0.25) is 0 Å². The van der Waals surface area contributed by atoms with Gasteiger partial charge in [-0.1, -0.05) is 12.1 Å². The fraction of sp³-hybridized carbons (Fsp3) is 0. The van der Waals surface area contributed by atoms with Crippen molar-refractivity contribution < 1.29 is 14.3 Å². The number of carboxylic acids is 1. The topological polar surface area (TPSA) is 50.2 Å².